The monoisotopic (exact) mass is 365 g/mol. The van der Waals surface area contributed by atoms with Crippen LogP contribution in [-0.4, -0.2) is 39.4 Å². The second-order valence-electron chi connectivity index (χ2n) is 6.43. The number of aromatic amines is 1. The molecule has 1 atom stereocenters. The van der Waals surface area contributed by atoms with Crippen molar-refractivity contribution in [3.05, 3.63) is 48.9 Å². The molecule has 5 heterocycles. The maximum atomic E-state index is 13.4. The van der Waals surface area contributed by atoms with Crippen LogP contribution < -0.4 is 4.90 Å². The van der Waals surface area contributed by atoms with Gasteiger partial charge in [-0.3, -0.25) is 5.10 Å². The molecule has 1 saturated heterocycles. The molecule has 1 N–H and O–H groups in total. The van der Waals surface area contributed by atoms with Gasteiger partial charge in [0.15, 0.2) is 0 Å². The van der Waals surface area contributed by atoms with Crippen LogP contribution in [0.4, 0.5) is 10.2 Å². The summed E-state index contributed by atoms with van der Waals surface area (Å²) in [5.41, 5.74) is 2.92. The number of halogens is 1. The standard InChI is InChI=1S/C19H16FN5S/c20-15-5-6-25(11-15)18-4-2-13(8-21-18)16-3-1-12-7-17(26-19(12)24-16)14-9-22-23-10-14/h1-4,7-10,15H,5-6,11H2,(H,22,23)/t15-/m1/s1. The molecular formula is C19H16FN5S. The summed E-state index contributed by atoms with van der Waals surface area (Å²) in [6.45, 7) is 1.16. The summed E-state index contributed by atoms with van der Waals surface area (Å²) >= 11 is 1.65. The van der Waals surface area contributed by atoms with Crippen molar-refractivity contribution in [3.63, 3.8) is 0 Å². The number of H-pyrrole nitrogens is 1. The molecule has 0 unspecified atom stereocenters. The maximum Gasteiger partial charge on any atom is 0.128 e. The van der Waals surface area contributed by atoms with Gasteiger partial charge in [0.25, 0.3) is 0 Å². The molecule has 4 aromatic rings. The van der Waals surface area contributed by atoms with Crippen molar-refractivity contribution in [1.29, 1.82) is 0 Å². The predicted octanol–water partition coefficient (Wildman–Crippen LogP) is 4.30. The largest absolute Gasteiger partial charge is 0.354 e. The number of rotatable bonds is 3. The van der Waals surface area contributed by atoms with E-state index in [-0.39, 0.29) is 0 Å². The number of fused-ring (bicyclic) bond motifs is 1. The summed E-state index contributed by atoms with van der Waals surface area (Å²) < 4.78 is 13.4. The van der Waals surface area contributed by atoms with E-state index in [4.69, 9.17) is 4.98 Å². The van der Waals surface area contributed by atoms with E-state index in [2.05, 4.69) is 27.3 Å². The SMILES string of the molecule is F[C@@H]1CCN(c2ccc(-c3ccc4cc(-c5cn[nH]c5)sc4n3)cn2)C1. The van der Waals surface area contributed by atoms with Crippen LogP contribution in [0.15, 0.2) is 48.9 Å². The highest BCUT2D eigenvalue weighted by atomic mass is 32.1. The van der Waals surface area contributed by atoms with Crippen molar-refractivity contribution in [3.8, 4) is 21.7 Å². The van der Waals surface area contributed by atoms with Crippen molar-refractivity contribution in [2.24, 2.45) is 0 Å². The minimum Gasteiger partial charge on any atom is -0.354 e. The molecule has 0 saturated carbocycles. The Balaban J connectivity index is 1.45. The summed E-state index contributed by atoms with van der Waals surface area (Å²) in [4.78, 5) is 13.4. The van der Waals surface area contributed by atoms with Crippen molar-refractivity contribution in [1.82, 2.24) is 20.2 Å². The van der Waals surface area contributed by atoms with Gasteiger partial charge in [-0.05, 0) is 36.8 Å². The van der Waals surface area contributed by atoms with Gasteiger partial charge < -0.3 is 4.90 Å². The summed E-state index contributed by atoms with van der Waals surface area (Å²) in [5, 5.41) is 7.96. The third kappa shape index (κ3) is 2.74. The molecule has 0 bridgehead atoms. The molecule has 130 valence electrons. The molecule has 5 rings (SSSR count). The van der Waals surface area contributed by atoms with Gasteiger partial charge in [0.2, 0.25) is 0 Å². The van der Waals surface area contributed by atoms with E-state index in [1.54, 1.807) is 11.3 Å². The Morgan fingerprint density at radius 2 is 2.12 bits per heavy atom. The van der Waals surface area contributed by atoms with Gasteiger partial charge in [-0.25, -0.2) is 14.4 Å². The zero-order valence-corrected chi connectivity index (χ0v) is 14.7. The smallest absolute Gasteiger partial charge is 0.128 e. The molecule has 0 spiro atoms. The quantitative estimate of drug-likeness (QED) is 0.588. The van der Waals surface area contributed by atoms with E-state index in [0.717, 1.165) is 44.3 Å². The maximum absolute atomic E-state index is 13.4. The van der Waals surface area contributed by atoms with E-state index < -0.39 is 6.17 Å². The molecule has 0 aromatic carbocycles. The highest BCUT2D eigenvalue weighted by molar-refractivity contribution is 7.21. The Morgan fingerprint density at radius 1 is 1.15 bits per heavy atom. The lowest BCUT2D eigenvalue weighted by molar-refractivity contribution is 0.364. The van der Waals surface area contributed by atoms with Crippen LogP contribution in [-0.2, 0) is 0 Å². The summed E-state index contributed by atoms with van der Waals surface area (Å²) in [7, 11) is 0. The normalized spacial score (nSPS) is 17.3. The highest BCUT2D eigenvalue weighted by Crippen LogP contribution is 2.33. The predicted molar refractivity (Wildman–Crippen MR) is 102 cm³/mol. The average molecular weight is 365 g/mol. The van der Waals surface area contributed by atoms with Crippen molar-refractivity contribution >= 4 is 27.4 Å². The summed E-state index contributed by atoms with van der Waals surface area (Å²) in [6, 6.07) is 10.2. The molecule has 0 amide bonds. The third-order valence-corrected chi connectivity index (χ3v) is 5.76. The van der Waals surface area contributed by atoms with Crippen molar-refractivity contribution in [2.45, 2.75) is 12.6 Å². The topological polar surface area (TPSA) is 57.7 Å². The van der Waals surface area contributed by atoms with Crippen LogP contribution in [0.5, 0.6) is 0 Å². The first-order chi connectivity index (χ1) is 12.8. The molecular weight excluding hydrogens is 349 g/mol. The minimum atomic E-state index is -0.746. The van der Waals surface area contributed by atoms with Gasteiger partial charge in [0.05, 0.1) is 18.4 Å². The molecule has 7 heteroatoms. The minimum absolute atomic E-state index is 0.433. The summed E-state index contributed by atoms with van der Waals surface area (Å²) in [5.74, 6) is 0.827. The van der Waals surface area contributed by atoms with Gasteiger partial charge >= 0.3 is 0 Å². The molecule has 5 nitrogen and oxygen atoms in total. The highest BCUT2D eigenvalue weighted by Gasteiger charge is 2.22. The zero-order chi connectivity index (χ0) is 17.5. The molecule has 1 aliphatic heterocycles. The number of nitrogens with one attached hydrogen (secondary N) is 1. The molecule has 4 aromatic heterocycles. The Bertz CT molecular complexity index is 1040. The lowest BCUT2D eigenvalue weighted by atomic mass is 10.1. The first-order valence-electron chi connectivity index (χ1n) is 8.51. The molecule has 1 fully saturated rings. The molecule has 1 aliphatic rings. The van der Waals surface area contributed by atoms with Crippen LogP contribution in [0, 0.1) is 0 Å². The molecule has 26 heavy (non-hydrogen) atoms. The Hall–Kier alpha value is -2.80. The number of pyridine rings is 2. The van der Waals surface area contributed by atoms with E-state index in [1.165, 1.54) is 0 Å². The van der Waals surface area contributed by atoms with Gasteiger partial charge in [-0.15, -0.1) is 11.3 Å². The van der Waals surface area contributed by atoms with E-state index in [0.29, 0.717) is 13.0 Å². The second kappa shape index (κ2) is 6.17. The number of anilines is 1. The third-order valence-electron chi connectivity index (χ3n) is 4.66. The molecule has 0 aliphatic carbocycles. The van der Waals surface area contributed by atoms with Crippen molar-refractivity contribution in [2.75, 3.05) is 18.0 Å². The fourth-order valence-electron chi connectivity index (χ4n) is 3.26. The van der Waals surface area contributed by atoms with Gasteiger partial charge in [0, 0.05) is 40.3 Å². The van der Waals surface area contributed by atoms with Gasteiger partial charge in [-0.1, -0.05) is 0 Å². The number of alkyl halides is 1. The Morgan fingerprint density at radius 3 is 2.85 bits per heavy atom. The average Bonchev–Trinajstić information content (AvgIpc) is 3.41. The number of hydrogen-bond donors (Lipinski definition) is 1. The number of hydrogen-bond acceptors (Lipinski definition) is 5. The second-order valence-corrected chi connectivity index (χ2v) is 7.46. The van der Waals surface area contributed by atoms with Gasteiger partial charge in [0.1, 0.15) is 16.8 Å². The van der Waals surface area contributed by atoms with E-state index >= 15 is 0 Å². The summed E-state index contributed by atoms with van der Waals surface area (Å²) in [6.07, 6.45) is 5.35. The lowest BCUT2D eigenvalue weighted by Crippen LogP contribution is -2.20. The van der Waals surface area contributed by atoms with E-state index in [9.17, 15) is 4.39 Å². The number of thiophene rings is 1. The zero-order valence-electron chi connectivity index (χ0n) is 13.9. The van der Waals surface area contributed by atoms with Gasteiger partial charge in [-0.2, -0.15) is 5.10 Å². The van der Waals surface area contributed by atoms with E-state index in [1.807, 2.05) is 41.7 Å². The van der Waals surface area contributed by atoms with Crippen LogP contribution >= 0.6 is 11.3 Å². The Kier molecular flexibility index (Phi) is 3.67. The fourth-order valence-corrected chi connectivity index (χ4v) is 4.27. The first-order valence-corrected chi connectivity index (χ1v) is 9.33. The number of nitrogens with zero attached hydrogens (tertiary/aromatic N) is 4. The molecule has 0 radical (unpaired) electrons. The Labute approximate surface area is 153 Å². The fraction of sp³-hybridized carbons (Fsp3) is 0.211. The first kappa shape index (κ1) is 15.5. The van der Waals surface area contributed by atoms with Crippen LogP contribution in [0.3, 0.4) is 0 Å². The van der Waals surface area contributed by atoms with Crippen molar-refractivity contribution < 1.29 is 4.39 Å². The lowest BCUT2D eigenvalue weighted by Gasteiger charge is -2.16. The van der Waals surface area contributed by atoms with Crippen LogP contribution in [0.2, 0.25) is 0 Å². The van der Waals surface area contributed by atoms with Crippen LogP contribution in [0.1, 0.15) is 6.42 Å². The number of aromatic nitrogens is 4. The van der Waals surface area contributed by atoms with Crippen LogP contribution in [0.25, 0.3) is 31.9 Å².